The molecule has 0 amide bonds. The number of halogens is 4. The highest BCUT2D eigenvalue weighted by atomic mass is 79.9. The van der Waals surface area contributed by atoms with Crippen LogP contribution in [0.2, 0.25) is 10.0 Å². The van der Waals surface area contributed by atoms with Crippen LogP contribution in [0.25, 0.3) is 0 Å². The van der Waals surface area contributed by atoms with Crippen LogP contribution in [-0.4, -0.2) is 0 Å². The number of benzene rings is 2. The molecule has 0 aromatic heterocycles. The van der Waals surface area contributed by atoms with Crippen LogP contribution in [0, 0.1) is 5.82 Å². The second-order valence-electron chi connectivity index (χ2n) is 3.61. The fourth-order valence-corrected chi connectivity index (χ4v) is 2.49. The van der Waals surface area contributed by atoms with Crippen LogP contribution in [0.15, 0.2) is 34.8 Å². The van der Waals surface area contributed by atoms with Gasteiger partial charge < -0.3 is 11.1 Å². The Bertz CT molecular complexity index is 582. The highest BCUT2D eigenvalue weighted by Gasteiger charge is 2.09. The first-order valence-electron chi connectivity index (χ1n) is 4.94. The lowest BCUT2D eigenvalue weighted by atomic mass is 10.2. The maximum atomic E-state index is 13.0. The van der Waals surface area contributed by atoms with Crippen molar-refractivity contribution in [3.63, 3.8) is 0 Å². The summed E-state index contributed by atoms with van der Waals surface area (Å²) in [5, 5.41) is 3.83. The quantitative estimate of drug-likeness (QED) is 0.729. The number of nitrogen functional groups attached to an aromatic ring is 1. The van der Waals surface area contributed by atoms with Crippen molar-refractivity contribution in [2.75, 3.05) is 11.1 Å². The lowest BCUT2D eigenvalue weighted by Crippen LogP contribution is -1.95. The predicted molar refractivity (Wildman–Crippen MR) is 78.3 cm³/mol. The lowest BCUT2D eigenvalue weighted by Gasteiger charge is -2.12. The van der Waals surface area contributed by atoms with E-state index in [0.29, 0.717) is 31.6 Å². The second-order valence-corrected chi connectivity index (χ2v) is 5.28. The summed E-state index contributed by atoms with van der Waals surface area (Å²) >= 11 is 15.4. The minimum Gasteiger partial charge on any atom is -0.399 e. The van der Waals surface area contributed by atoms with Gasteiger partial charge in [-0.3, -0.25) is 0 Å². The Kier molecular flexibility index (Phi) is 4.00. The van der Waals surface area contributed by atoms with Gasteiger partial charge in [-0.15, -0.1) is 0 Å². The van der Waals surface area contributed by atoms with Crippen molar-refractivity contribution in [3.05, 3.63) is 50.7 Å². The molecule has 3 N–H and O–H groups in total. The third-order valence-corrected chi connectivity index (χ3v) is 3.51. The monoisotopic (exact) mass is 348 g/mol. The topological polar surface area (TPSA) is 38.0 Å². The Morgan fingerprint density at radius 3 is 2.28 bits per heavy atom. The molecule has 6 heteroatoms. The van der Waals surface area contributed by atoms with Gasteiger partial charge >= 0.3 is 0 Å². The average molecular weight is 350 g/mol. The molecule has 0 radical (unpaired) electrons. The largest absolute Gasteiger partial charge is 0.399 e. The van der Waals surface area contributed by atoms with Crippen molar-refractivity contribution in [1.29, 1.82) is 0 Å². The Hall–Kier alpha value is -0.970. The van der Waals surface area contributed by atoms with Crippen LogP contribution in [0.1, 0.15) is 0 Å². The number of hydrogen-bond acceptors (Lipinski definition) is 2. The summed E-state index contributed by atoms with van der Waals surface area (Å²) in [4.78, 5) is 0. The number of nitrogens with one attached hydrogen (secondary N) is 1. The van der Waals surface area contributed by atoms with E-state index in [1.54, 1.807) is 18.2 Å². The Morgan fingerprint density at radius 1 is 1.11 bits per heavy atom. The summed E-state index contributed by atoms with van der Waals surface area (Å²) in [6, 6.07) is 7.45. The third-order valence-electron chi connectivity index (χ3n) is 2.26. The molecular weight excluding hydrogens is 342 g/mol. The summed E-state index contributed by atoms with van der Waals surface area (Å²) in [6.07, 6.45) is 0. The normalized spacial score (nSPS) is 10.4. The fourth-order valence-electron chi connectivity index (χ4n) is 1.44. The van der Waals surface area contributed by atoms with E-state index in [2.05, 4.69) is 21.2 Å². The van der Waals surface area contributed by atoms with Gasteiger partial charge in [0.2, 0.25) is 0 Å². The van der Waals surface area contributed by atoms with Gasteiger partial charge in [0.25, 0.3) is 0 Å². The molecule has 94 valence electrons. The van der Waals surface area contributed by atoms with Crippen LogP contribution >= 0.6 is 39.1 Å². The number of anilines is 3. The minimum atomic E-state index is -0.332. The predicted octanol–water partition coefficient (Wildman–Crippen LogP) is 5.22. The van der Waals surface area contributed by atoms with Gasteiger partial charge in [0.05, 0.1) is 21.4 Å². The molecule has 0 atom stereocenters. The maximum absolute atomic E-state index is 13.0. The molecule has 2 rings (SSSR count). The van der Waals surface area contributed by atoms with Crippen LogP contribution in [0.5, 0.6) is 0 Å². The van der Waals surface area contributed by atoms with Crippen LogP contribution < -0.4 is 11.1 Å². The summed E-state index contributed by atoms with van der Waals surface area (Å²) in [5.74, 6) is -0.332. The van der Waals surface area contributed by atoms with Gasteiger partial charge in [0.15, 0.2) is 0 Å². The van der Waals surface area contributed by atoms with Crippen LogP contribution in [0.4, 0.5) is 21.5 Å². The smallest absolute Gasteiger partial charge is 0.124 e. The van der Waals surface area contributed by atoms with Gasteiger partial charge in [-0.2, -0.15) is 0 Å². The van der Waals surface area contributed by atoms with E-state index in [4.69, 9.17) is 28.9 Å². The molecule has 0 heterocycles. The van der Waals surface area contributed by atoms with Gasteiger partial charge in [-0.05, 0) is 46.3 Å². The maximum Gasteiger partial charge on any atom is 0.124 e. The zero-order chi connectivity index (χ0) is 13.3. The van der Waals surface area contributed by atoms with E-state index >= 15 is 0 Å². The molecular formula is C12H8BrCl2FN2. The second kappa shape index (κ2) is 5.34. The molecule has 0 saturated heterocycles. The molecule has 0 spiro atoms. The van der Waals surface area contributed by atoms with Crippen LogP contribution in [-0.2, 0) is 0 Å². The highest BCUT2D eigenvalue weighted by molar-refractivity contribution is 9.10. The SMILES string of the molecule is Nc1cc(Cl)c(Nc2ccc(F)cc2Br)c(Cl)c1. The Morgan fingerprint density at radius 2 is 1.72 bits per heavy atom. The van der Waals surface area contributed by atoms with Crippen molar-refractivity contribution < 1.29 is 4.39 Å². The van der Waals surface area contributed by atoms with E-state index in [1.807, 2.05) is 0 Å². The standard InChI is InChI=1S/C12H8BrCl2FN2/c13-8-3-6(16)1-2-11(8)18-12-9(14)4-7(17)5-10(12)15/h1-5,18H,17H2. The fraction of sp³-hybridized carbons (Fsp3) is 0. The molecule has 0 fully saturated rings. The molecule has 18 heavy (non-hydrogen) atoms. The molecule has 2 aromatic rings. The summed E-state index contributed by atoms with van der Waals surface area (Å²) in [7, 11) is 0. The zero-order valence-corrected chi connectivity index (χ0v) is 12.1. The van der Waals surface area contributed by atoms with E-state index < -0.39 is 0 Å². The first-order chi connectivity index (χ1) is 8.47. The van der Waals surface area contributed by atoms with Gasteiger partial charge in [0.1, 0.15) is 5.82 Å². The van der Waals surface area contributed by atoms with Crippen molar-refractivity contribution in [2.24, 2.45) is 0 Å². The van der Waals surface area contributed by atoms with Gasteiger partial charge in [-0.1, -0.05) is 23.2 Å². The van der Waals surface area contributed by atoms with Crippen molar-refractivity contribution >= 4 is 56.2 Å². The molecule has 2 nitrogen and oxygen atoms in total. The highest BCUT2D eigenvalue weighted by Crippen LogP contribution is 2.36. The lowest BCUT2D eigenvalue weighted by molar-refractivity contribution is 0.627. The van der Waals surface area contributed by atoms with Crippen molar-refractivity contribution in [1.82, 2.24) is 0 Å². The molecule has 0 aliphatic rings. The Balaban J connectivity index is 2.40. The summed E-state index contributed by atoms with van der Waals surface area (Å²) in [5.41, 5.74) is 7.28. The molecule has 0 aliphatic carbocycles. The number of rotatable bonds is 2. The first kappa shape index (κ1) is 13.5. The first-order valence-corrected chi connectivity index (χ1v) is 6.49. The van der Waals surface area contributed by atoms with Crippen molar-refractivity contribution in [3.8, 4) is 0 Å². The molecule has 0 aliphatic heterocycles. The van der Waals surface area contributed by atoms with Crippen molar-refractivity contribution in [2.45, 2.75) is 0 Å². The third kappa shape index (κ3) is 2.88. The molecule has 2 aromatic carbocycles. The molecule has 0 saturated carbocycles. The molecule has 0 bridgehead atoms. The summed E-state index contributed by atoms with van der Waals surface area (Å²) < 4.78 is 13.5. The van der Waals surface area contributed by atoms with E-state index in [0.717, 1.165) is 0 Å². The van der Waals surface area contributed by atoms with E-state index in [1.165, 1.54) is 12.1 Å². The zero-order valence-electron chi connectivity index (χ0n) is 8.98. The van der Waals surface area contributed by atoms with E-state index in [-0.39, 0.29) is 5.82 Å². The van der Waals surface area contributed by atoms with E-state index in [9.17, 15) is 4.39 Å². The Labute approximate surface area is 122 Å². The average Bonchev–Trinajstić information content (AvgIpc) is 2.25. The minimum absolute atomic E-state index is 0.332. The summed E-state index contributed by atoms with van der Waals surface area (Å²) in [6.45, 7) is 0. The van der Waals surface area contributed by atoms with Gasteiger partial charge in [0, 0.05) is 10.2 Å². The number of nitrogens with two attached hydrogens (primary N) is 1. The van der Waals surface area contributed by atoms with Gasteiger partial charge in [-0.25, -0.2) is 4.39 Å². The van der Waals surface area contributed by atoms with Crippen LogP contribution in [0.3, 0.4) is 0 Å². The molecule has 0 unspecified atom stereocenters. The number of hydrogen-bond donors (Lipinski definition) is 2.